The van der Waals surface area contributed by atoms with E-state index in [0.29, 0.717) is 21.9 Å². The summed E-state index contributed by atoms with van der Waals surface area (Å²) in [4.78, 5) is 28.7. The second kappa shape index (κ2) is 6.33. The van der Waals surface area contributed by atoms with Gasteiger partial charge in [0.05, 0.1) is 11.3 Å². The van der Waals surface area contributed by atoms with Gasteiger partial charge in [0.25, 0.3) is 11.8 Å². The molecule has 0 radical (unpaired) electrons. The summed E-state index contributed by atoms with van der Waals surface area (Å²) >= 11 is 5.97. The van der Waals surface area contributed by atoms with E-state index in [1.807, 2.05) is 25.3 Å². The Kier molecular flexibility index (Phi) is 4.22. The number of nitrogens with zero attached hydrogens (tertiary/aromatic N) is 2. The van der Waals surface area contributed by atoms with Gasteiger partial charge in [0.1, 0.15) is 11.3 Å². The van der Waals surface area contributed by atoms with Crippen LogP contribution in [0.15, 0.2) is 42.7 Å². The van der Waals surface area contributed by atoms with Crippen LogP contribution < -0.4 is 10.6 Å². The zero-order valence-electron chi connectivity index (χ0n) is 13.1. The number of fused-ring (bicyclic) bond motifs is 1. The first-order valence-electron chi connectivity index (χ1n) is 7.26. The molecule has 0 spiro atoms. The lowest BCUT2D eigenvalue weighted by Gasteiger charge is -2.09. The van der Waals surface area contributed by atoms with E-state index >= 15 is 0 Å². The van der Waals surface area contributed by atoms with Gasteiger partial charge < -0.3 is 15.0 Å². The molecule has 0 atom stereocenters. The minimum Gasteiger partial charge on any atom is -0.355 e. The second-order valence-corrected chi connectivity index (χ2v) is 5.76. The molecule has 2 N–H and O–H groups in total. The fourth-order valence-corrected chi connectivity index (χ4v) is 2.50. The van der Waals surface area contributed by atoms with Crippen molar-refractivity contribution in [2.45, 2.75) is 6.92 Å². The highest BCUT2D eigenvalue weighted by atomic mass is 35.5. The SMILES string of the molecule is CNC(=O)c1ccc(Cl)cc1NC(=O)c1cn2ccc(C)cc2n1. The second-order valence-electron chi connectivity index (χ2n) is 5.32. The van der Waals surface area contributed by atoms with Gasteiger partial charge in [0, 0.05) is 24.5 Å². The molecule has 0 saturated carbocycles. The summed E-state index contributed by atoms with van der Waals surface area (Å²) in [6.07, 6.45) is 3.47. The Morgan fingerprint density at radius 2 is 1.96 bits per heavy atom. The summed E-state index contributed by atoms with van der Waals surface area (Å²) in [6, 6.07) is 8.49. The monoisotopic (exact) mass is 342 g/mol. The first kappa shape index (κ1) is 16.0. The summed E-state index contributed by atoms with van der Waals surface area (Å²) < 4.78 is 1.76. The molecule has 3 aromatic rings. The Morgan fingerprint density at radius 3 is 2.71 bits per heavy atom. The standard InChI is InChI=1S/C17H15ClN4O2/c1-10-5-6-22-9-14(20-15(22)7-10)17(24)21-13-8-11(18)3-4-12(13)16(23)19-2/h3-9H,1-2H3,(H,19,23)(H,21,24). The van der Waals surface area contributed by atoms with E-state index in [-0.39, 0.29) is 11.6 Å². The van der Waals surface area contributed by atoms with Gasteiger partial charge in [-0.3, -0.25) is 9.59 Å². The average Bonchev–Trinajstić information content (AvgIpc) is 2.97. The van der Waals surface area contributed by atoms with Crippen LogP contribution >= 0.6 is 11.6 Å². The first-order chi connectivity index (χ1) is 11.5. The lowest BCUT2D eigenvalue weighted by Crippen LogP contribution is -2.21. The molecule has 1 aromatic carbocycles. The maximum Gasteiger partial charge on any atom is 0.275 e. The molecule has 0 aliphatic rings. The van der Waals surface area contributed by atoms with Crippen LogP contribution in [-0.4, -0.2) is 28.2 Å². The van der Waals surface area contributed by atoms with Crippen molar-refractivity contribution < 1.29 is 9.59 Å². The van der Waals surface area contributed by atoms with E-state index in [1.54, 1.807) is 22.7 Å². The molecular formula is C17H15ClN4O2. The number of imidazole rings is 1. The molecule has 0 aliphatic carbocycles. The molecule has 6 nitrogen and oxygen atoms in total. The Bertz CT molecular complexity index is 949. The number of pyridine rings is 1. The molecule has 0 saturated heterocycles. The molecule has 0 bridgehead atoms. The number of hydrogen-bond donors (Lipinski definition) is 2. The number of halogens is 1. The molecule has 2 aromatic heterocycles. The molecule has 7 heteroatoms. The predicted molar refractivity (Wildman–Crippen MR) is 92.7 cm³/mol. The third-order valence-corrected chi connectivity index (χ3v) is 3.78. The summed E-state index contributed by atoms with van der Waals surface area (Å²) in [7, 11) is 1.52. The number of nitrogens with one attached hydrogen (secondary N) is 2. The Hall–Kier alpha value is -2.86. The Labute approximate surface area is 143 Å². The number of anilines is 1. The number of hydrogen-bond acceptors (Lipinski definition) is 3. The van der Waals surface area contributed by atoms with Gasteiger partial charge >= 0.3 is 0 Å². The minimum absolute atomic E-state index is 0.253. The number of carbonyl (C=O) groups excluding carboxylic acids is 2. The zero-order valence-corrected chi connectivity index (χ0v) is 13.9. The molecule has 3 rings (SSSR count). The number of aryl methyl sites for hydroxylation is 1. The normalized spacial score (nSPS) is 10.6. The van der Waals surface area contributed by atoms with E-state index < -0.39 is 5.91 Å². The molecule has 0 fully saturated rings. The number of rotatable bonds is 3. The van der Waals surface area contributed by atoms with Crippen molar-refractivity contribution in [3.63, 3.8) is 0 Å². The molecule has 24 heavy (non-hydrogen) atoms. The van der Waals surface area contributed by atoms with E-state index in [4.69, 9.17) is 11.6 Å². The topological polar surface area (TPSA) is 75.5 Å². The highest BCUT2D eigenvalue weighted by molar-refractivity contribution is 6.31. The van der Waals surface area contributed by atoms with Crippen LogP contribution in [0.3, 0.4) is 0 Å². The average molecular weight is 343 g/mol. The van der Waals surface area contributed by atoms with Crippen molar-refractivity contribution in [1.29, 1.82) is 0 Å². The molecule has 2 heterocycles. The van der Waals surface area contributed by atoms with Gasteiger partial charge in [0.15, 0.2) is 0 Å². The third kappa shape index (κ3) is 3.09. The van der Waals surface area contributed by atoms with Gasteiger partial charge in [-0.05, 0) is 42.8 Å². The number of carbonyl (C=O) groups is 2. The maximum absolute atomic E-state index is 12.5. The van der Waals surface area contributed by atoms with Gasteiger partial charge in [-0.25, -0.2) is 4.98 Å². The number of amides is 2. The molecule has 0 aliphatic heterocycles. The smallest absolute Gasteiger partial charge is 0.275 e. The lowest BCUT2D eigenvalue weighted by molar-refractivity contribution is 0.0964. The van der Waals surface area contributed by atoms with Crippen molar-refractivity contribution in [3.8, 4) is 0 Å². The van der Waals surface area contributed by atoms with Crippen molar-refractivity contribution in [2.75, 3.05) is 12.4 Å². The maximum atomic E-state index is 12.5. The Balaban J connectivity index is 1.93. The Morgan fingerprint density at radius 1 is 1.17 bits per heavy atom. The predicted octanol–water partition coefficient (Wildman–Crippen LogP) is 2.91. The lowest BCUT2D eigenvalue weighted by atomic mass is 10.1. The summed E-state index contributed by atoms with van der Waals surface area (Å²) in [6.45, 7) is 1.95. The molecule has 2 amide bonds. The van der Waals surface area contributed by atoms with Crippen LogP contribution in [0, 0.1) is 6.92 Å². The van der Waals surface area contributed by atoms with E-state index in [1.165, 1.54) is 13.1 Å². The fourth-order valence-electron chi connectivity index (χ4n) is 2.33. The van der Waals surface area contributed by atoms with Crippen LogP contribution in [0.1, 0.15) is 26.4 Å². The largest absolute Gasteiger partial charge is 0.355 e. The van der Waals surface area contributed by atoms with Crippen LogP contribution in [0.4, 0.5) is 5.69 Å². The summed E-state index contributed by atoms with van der Waals surface area (Å²) in [5.41, 5.74) is 2.65. The molecule has 0 unspecified atom stereocenters. The first-order valence-corrected chi connectivity index (χ1v) is 7.64. The number of benzene rings is 1. The van der Waals surface area contributed by atoms with Crippen molar-refractivity contribution in [2.24, 2.45) is 0 Å². The van der Waals surface area contributed by atoms with E-state index in [0.717, 1.165) is 5.56 Å². The van der Waals surface area contributed by atoms with Gasteiger partial charge in [-0.2, -0.15) is 0 Å². The van der Waals surface area contributed by atoms with Gasteiger partial charge in [-0.15, -0.1) is 0 Å². The summed E-state index contributed by atoms with van der Waals surface area (Å²) in [5.74, 6) is -0.726. The molecule has 122 valence electrons. The highest BCUT2D eigenvalue weighted by Gasteiger charge is 2.16. The van der Waals surface area contributed by atoms with Gasteiger partial charge in [0.2, 0.25) is 0 Å². The zero-order chi connectivity index (χ0) is 17.3. The van der Waals surface area contributed by atoms with Crippen LogP contribution in [0.25, 0.3) is 5.65 Å². The van der Waals surface area contributed by atoms with E-state index in [9.17, 15) is 9.59 Å². The minimum atomic E-state index is -0.413. The van der Waals surface area contributed by atoms with Gasteiger partial charge in [-0.1, -0.05) is 11.6 Å². The van der Waals surface area contributed by atoms with Crippen LogP contribution in [0.2, 0.25) is 5.02 Å². The quantitative estimate of drug-likeness (QED) is 0.768. The fraction of sp³-hybridized carbons (Fsp3) is 0.118. The van der Waals surface area contributed by atoms with Crippen molar-refractivity contribution in [1.82, 2.24) is 14.7 Å². The van der Waals surface area contributed by atoms with Crippen molar-refractivity contribution in [3.05, 3.63) is 64.6 Å². The highest BCUT2D eigenvalue weighted by Crippen LogP contribution is 2.22. The van der Waals surface area contributed by atoms with Crippen LogP contribution in [0.5, 0.6) is 0 Å². The number of aromatic nitrogens is 2. The van der Waals surface area contributed by atoms with Crippen molar-refractivity contribution >= 4 is 34.7 Å². The molecular weight excluding hydrogens is 328 g/mol. The van der Waals surface area contributed by atoms with E-state index in [2.05, 4.69) is 15.6 Å². The third-order valence-electron chi connectivity index (χ3n) is 3.55. The summed E-state index contributed by atoms with van der Waals surface area (Å²) in [5, 5.41) is 5.65. The van der Waals surface area contributed by atoms with Crippen LogP contribution in [-0.2, 0) is 0 Å².